The molecule has 0 amide bonds. The van der Waals surface area contributed by atoms with Crippen molar-refractivity contribution in [1.29, 1.82) is 0 Å². The zero-order chi connectivity index (χ0) is 11.7. The highest BCUT2D eigenvalue weighted by atomic mass is 16.4. The molecule has 0 spiro atoms. The molecular weight excluding hydrogens is 212 g/mol. The number of hydrogen-bond donors (Lipinski definition) is 2. The van der Waals surface area contributed by atoms with Gasteiger partial charge in [-0.25, -0.2) is 9.89 Å². The number of fused-ring (bicyclic) bond motifs is 1. The molecule has 0 radical (unpaired) electrons. The van der Waals surface area contributed by atoms with Gasteiger partial charge in [-0.2, -0.15) is 14.7 Å². The van der Waals surface area contributed by atoms with Gasteiger partial charge >= 0.3 is 11.7 Å². The molecule has 0 aliphatic carbocycles. The number of nitrogens with zero attached hydrogens (tertiary/aromatic N) is 3. The minimum absolute atomic E-state index is 0.353. The fourth-order valence-corrected chi connectivity index (χ4v) is 1.51. The van der Waals surface area contributed by atoms with Crippen LogP contribution in [0.1, 0.15) is 25.0 Å². The van der Waals surface area contributed by atoms with Crippen molar-refractivity contribution in [3.8, 4) is 0 Å². The van der Waals surface area contributed by atoms with E-state index in [0.717, 1.165) is 4.52 Å². The zero-order valence-corrected chi connectivity index (χ0v) is 8.54. The third kappa shape index (κ3) is 1.56. The third-order valence-corrected chi connectivity index (χ3v) is 2.36. The average molecular weight is 222 g/mol. The molecule has 0 bridgehead atoms. The molecular formula is C9H10N4O3. The van der Waals surface area contributed by atoms with Gasteiger partial charge in [0.15, 0.2) is 5.65 Å². The van der Waals surface area contributed by atoms with Gasteiger partial charge in [-0.1, -0.05) is 6.92 Å². The lowest BCUT2D eigenvalue weighted by Crippen LogP contribution is -2.18. The van der Waals surface area contributed by atoms with Crippen LogP contribution in [0.5, 0.6) is 0 Å². The van der Waals surface area contributed by atoms with Crippen LogP contribution in [-0.4, -0.2) is 30.9 Å². The van der Waals surface area contributed by atoms with E-state index in [1.54, 1.807) is 19.1 Å². The molecule has 16 heavy (non-hydrogen) atoms. The molecule has 0 aliphatic rings. The SMILES string of the molecule is CCC(C(=O)O)c1ccc2n[nH]c(=O)n2n1. The summed E-state index contributed by atoms with van der Waals surface area (Å²) in [6, 6.07) is 3.13. The largest absolute Gasteiger partial charge is 0.481 e. The number of carboxylic acid groups (broad SMARTS) is 1. The summed E-state index contributed by atoms with van der Waals surface area (Å²) in [6.45, 7) is 1.75. The highest BCUT2D eigenvalue weighted by Crippen LogP contribution is 2.16. The molecule has 7 nitrogen and oxygen atoms in total. The lowest BCUT2D eigenvalue weighted by atomic mass is 10.0. The maximum atomic E-state index is 11.2. The molecule has 2 N–H and O–H groups in total. The number of aromatic nitrogens is 4. The Balaban J connectivity index is 2.57. The summed E-state index contributed by atoms with van der Waals surface area (Å²) in [6.07, 6.45) is 0.417. The Bertz CT molecular complexity index is 586. The van der Waals surface area contributed by atoms with Crippen LogP contribution in [0.3, 0.4) is 0 Å². The maximum Gasteiger partial charge on any atom is 0.364 e. The lowest BCUT2D eigenvalue weighted by molar-refractivity contribution is -0.139. The molecule has 0 fully saturated rings. The fourth-order valence-electron chi connectivity index (χ4n) is 1.51. The first-order valence-electron chi connectivity index (χ1n) is 4.80. The molecule has 2 aromatic rings. The van der Waals surface area contributed by atoms with E-state index in [1.165, 1.54) is 0 Å². The summed E-state index contributed by atoms with van der Waals surface area (Å²) in [5, 5.41) is 18.9. The first-order chi connectivity index (χ1) is 7.63. The molecule has 2 aromatic heterocycles. The van der Waals surface area contributed by atoms with Crippen molar-refractivity contribution < 1.29 is 9.90 Å². The minimum atomic E-state index is -0.953. The second kappa shape index (κ2) is 3.76. The summed E-state index contributed by atoms with van der Waals surface area (Å²) in [7, 11) is 0. The van der Waals surface area contributed by atoms with Crippen LogP contribution in [0.15, 0.2) is 16.9 Å². The average Bonchev–Trinajstić information content (AvgIpc) is 2.61. The van der Waals surface area contributed by atoms with Gasteiger partial charge in [0.25, 0.3) is 0 Å². The highest BCUT2D eigenvalue weighted by Gasteiger charge is 2.20. The summed E-state index contributed by atoms with van der Waals surface area (Å²) < 4.78 is 1.06. The van der Waals surface area contributed by atoms with E-state index >= 15 is 0 Å². The van der Waals surface area contributed by atoms with Crippen molar-refractivity contribution in [1.82, 2.24) is 19.8 Å². The Kier molecular flexibility index (Phi) is 2.43. The van der Waals surface area contributed by atoms with Crippen LogP contribution < -0.4 is 5.69 Å². The number of nitrogens with one attached hydrogen (secondary N) is 1. The smallest absolute Gasteiger partial charge is 0.364 e. The highest BCUT2D eigenvalue weighted by molar-refractivity contribution is 5.75. The molecule has 0 aromatic carbocycles. The normalized spacial score (nSPS) is 12.8. The van der Waals surface area contributed by atoms with Crippen molar-refractivity contribution >= 4 is 11.6 Å². The zero-order valence-electron chi connectivity index (χ0n) is 8.54. The summed E-state index contributed by atoms with van der Waals surface area (Å²) >= 11 is 0. The topological polar surface area (TPSA) is 100 Å². The number of carbonyl (C=O) groups is 1. The van der Waals surface area contributed by atoms with Gasteiger partial charge in [0.05, 0.1) is 5.69 Å². The molecule has 0 aliphatic heterocycles. The first-order valence-corrected chi connectivity index (χ1v) is 4.80. The standard InChI is InChI=1S/C9H10N4O3/c1-2-5(8(14)15)6-3-4-7-10-11-9(16)13(7)12-6/h3-5H,2H2,1H3,(H,11,16)(H,14,15). The second-order valence-electron chi connectivity index (χ2n) is 3.36. The van der Waals surface area contributed by atoms with E-state index in [2.05, 4.69) is 15.3 Å². The van der Waals surface area contributed by atoms with E-state index < -0.39 is 17.6 Å². The van der Waals surface area contributed by atoms with Crippen LogP contribution >= 0.6 is 0 Å². The lowest BCUT2D eigenvalue weighted by Gasteiger charge is -2.07. The molecule has 0 saturated carbocycles. The molecule has 7 heteroatoms. The summed E-state index contributed by atoms with van der Waals surface area (Å²) in [5.74, 6) is -1.66. The monoisotopic (exact) mass is 222 g/mol. The predicted octanol–water partition coefficient (Wildman–Crippen LogP) is -0.00420. The Morgan fingerprint density at radius 2 is 2.38 bits per heavy atom. The summed E-state index contributed by atoms with van der Waals surface area (Å²) in [5.41, 5.74) is 0.247. The van der Waals surface area contributed by atoms with E-state index in [-0.39, 0.29) is 0 Å². The van der Waals surface area contributed by atoms with Crippen LogP contribution in [0.2, 0.25) is 0 Å². The molecule has 1 atom stereocenters. The van der Waals surface area contributed by atoms with Crippen molar-refractivity contribution in [3.05, 3.63) is 28.3 Å². The van der Waals surface area contributed by atoms with E-state index in [4.69, 9.17) is 5.11 Å². The van der Waals surface area contributed by atoms with Crippen molar-refractivity contribution in [2.24, 2.45) is 0 Å². The fraction of sp³-hybridized carbons (Fsp3) is 0.333. The molecule has 0 saturated heterocycles. The number of aromatic amines is 1. The van der Waals surface area contributed by atoms with Gasteiger partial charge in [0, 0.05) is 0 Å². The molecule has 84 valence electrons. The quantitative estimate of drug-likeness (QED) is 0.761. The van der Waals surface area contributed by atoms with Crippen molar-refractivity contribution in [3.63, 3.8) is 0 Å². The molecule has 2 rings (SSSR count). The Labute approximate surface area is 89.7 Å². The van der Waals surface area contributed by atoms with Crippen LogP contribution in [0.25, 0.3) is 5.65 Å². The van der Waals surface area contributed by atoms with E-state index in [9.17, 15) is 9.59 Å². The van der Waals surface area contributed by atoms with Gasteiger partial charge in [0.2, 0.25) is 0 Å². The second-order valence-corrected chi connectivity index (χ2v) is 3.36. The van der Waals surface area contributed by atoms with Gasteiger partial charge in [-0.3, -0.25) is 4.79 Å². The van der Waals surface area contributed by atoms with E-state index in [0.29, 0.717) is 17.8 Å². The number of hydrogen-bond acceptors (Lipinski definition) is 4. The van der Waals surface area contributed by atoms with E-state index in [1.807, 2.05) is 0 Å². The number of H-pyrrole nitrogens is 1. The van der Waals surface area contributed by atoms with Gasteiger partial charge in [0.1, 0.15) is 5.92 Å². The van der Waals surface area contributed by atoms with Gasteiger partial charge in [-0.05, 0) is 18.6 Å². The maximum absolute atomic E-state index is 11.2. The molecule has 2 heterocycles. The van der Waals surface area contributed by atoms with Gasteiger partial charge < -0.3 is 5.11 Å². The Morgan fingerprint density at radius 1 is 1.62 bits per heavy atom. The first kappa shape index (κ1) is 10.3. The Hall–Kier alpha value is -2.18. The number of rotatable bonds is 3. The molecule has 1 unspecified atom stereocenters. The third-order valence-electron chi connectivity index (χ3n) is 2.36. The van der Waals surface area contributed by atoms with Crippen LogP contribution in [0.4, 0.5) is 0 Å². The van der Waals surface area contributed by atoms with Gasteiger partial charge in [-0.15, -0.1) is 0 Å². The van der Waals surface area contributed by atoms with Crippen LogP contribution in [-0.2, 0) is 4.79 Å². The summed E-state index contributed by atoms with van der Waals surface area (Å²) in [4.78, 5) is 22.2. The van der Waals surface area contributed by atoms with Crippen molar-refractivity contribution in [2.45, 2.75) is 19.3 Å². The minimum Gasteiger partial charge on any atom is -0.481 e. The van der Waals surface area contributed by atoms with Crippen molar-refractivity contribution in [2.75, 3.05) is 0 Å². The van der Waals surface area contributed by atoms with Crippen LogP contribution in [0, 0.1) is 0 Å². The predicted molar refractivity (Wildman–Crippen MR) is 54.3 cm³/mol. The number of carboxylic acids is 1. The number of aliphatic carboxylic acids is 1. The Morgan fingerprint density at radius 3 is 3.00 bits per heavy atom.